The summed E-state index contributed by atoms with van der Waals surface area (Å²) >= 11 is 13.0. The Bertz CT molecular complexity index is 1320. The molecule has 3 fully saturated rings. The zero-order valence-electron chi connectivity index (χ0n) is 19.6. The number of anilines is 1. The molecule has 0 spiro atoms. The number of piperidine rings is 1. The van der Waals surface area contributed by atoms with Crippen molar-refractivity contribution in [3.63, 3.8) is 0 Å². The first-order chi connectivity index (χ1) is 17.3. The van der Waals surface area contributed by atoms with E-state index in [0.29, 0.717) is 39.5 Å². The van der Waals surface area contributed by atoms with Crippen LogP contribution in [-0.2, 0) is 11.3 Å². The monoisotopic (exact) mass is 530 g/mol. The summed E-state index contributed by atoms with van der Waals surface area (Å²) in [5.74, 6) is -0.227. The number of halogens is 3. The third-order valence-electron chi connectivity index (χ3n) is 7.86. The van der Waals surface area contributed by atoms with Crippen LogP contribution in [0.25, 0.3) is 11.3 Å². The summed E-state index contributed by atoms with van der Waals surface area (Å²) in [4.78, 5) is 13.3. The molecule has 36 heavy (non-hydrogen) atoms. The highest BCUT2D eigenvalue weighted by Gasteiger charge is 2.50. The Morgan fingerprint density at radius 2 is 1.97 bits per heavy atom. The normalized spacial score (nSPS) is 25.1. The summed E-state index contributed by atoms with van der Waals surface area (Å²) in [5.41, 5.74) is 2.58. The van der Waals surface area contributed by atoms with E-state index in [-0.39, 0.29) is 29.7 Å². The first kappa shape index (κ1) is 23.8. The van der Waals surface area contributed by atoms with Gasteiger partial charge in [-0.15, -0.1) is 0 Å². The van der Waals surface area contributed by atoms with Gasteiger partial charge in [-0.25, -0.2) is 9.18 Å². The van der Waals surface area contributed by atoms with E-state index in [0.717, 1.165) is 43.1 Å². The van der Waals surface area contributed by atoms with Crippen molar-refractivity contribution in [1.82, 2.24) is 5.16 Å². The van der Waals surface area contributed by atoms with Gasteiger partial charge in [-0.3, -0.25) is 0 Å². The molecule has 2 bridgehead atoms. The minimum absolute atomic E-state index is 0.0131. The Balaban J connectivity index is 1.21. The lowest BCUT2D eigenvalue weighted by atomic mass is 9.96. The van der Waals surface area contributed by atoms with Gasteiger partial charge in [0.15, 0.2) is 0 Å². The van der Waals surface area contributed by atoms with Gasteiger partial charge in [0.2, 0.25) is 0 Å². The summed E-state index contributed by atoms with van der Waals surface area (Å²) in [6.07, 6.45) is 3.79. The summed E-state index contributed by atoms with van der Waals surface area (Å²) in [6.45, 7) is 2.42. The highest BCUT2D eigenvalue weighted by Crippen LogP contribution is 2.49. The minimum Gasteiger partial charge on any atom is -0.478 e. The maximum Gasteiger partial charge on any atom is 0.335 e. The van der Waals surface area contributed by atoms with Crippen molar-refractivity contribution in [2.45, 2.75) is 63.3 Å². The highest BCUT2D eigenvalue weighted by molar-refractivity contribution is 6.39. The molecule has 0 radical (unpaired) electrons. The van der Waals surface area contributed by atoms with Crippen molar-refractivity contribution in [1.29, 1.82) is 0 Å². The number of fused-ring (bicyclic) bond motifs is 2. The summed E-state index contributed by atoms with van der Waals surface area (Å²) < 4.78 is 27.1. The van der Waals surface area contributed by atoms with Gasteiger partial charge in [0, 0.05) is 35.0 Å². The molecule has 1 aliphatic heterocycles. The fourth-order valence-corrected chi connectivity index (χ4v) is 6.55. The van der Waals surface area contributed by atoms with E-state index < -0.39 is 11.8 Å². The van der Waals surface area contributed by atoms with E-state index in [1.54, 1.807) is 24.3 Å². The third-order valence-corrected chi connectivity index (χ3v) is 8.49. The first-order valence-electron chi connectivity index (χ1n) is 12.2. The summed E-state index contributed by atoms with van der Waals surface area (Å²) in [7, 11) is 0. The number of aromatic carboxylic acids is 1. The van der Waals surface area contributed by atoms with E-state index in [2.05, 4.69) is 17.0 Å². The fraction of sp³-hybridized carbons (Fsp3) is 0.407. The van der Waals surface area contributed by atoms with E-state index >= 15 is 0 Å². The minimum atomic E-state index is -1.14. The van der Waals surface area contributed by atoms with Gasteiger partial charge in [0.25, 0.3) is 0 Å². The number of rotatable bonds is 7. The molecular weight excluding hydrogens is 506 g/mol. The lowest BCUT2D eigenvalue weighted by molar-refractivity contribution is 0.00360. The van der Waals surface area contributed by atoms with Crippen LogP contribution in [0.4, 0.5) is 10.1 Å². The lowest BCUT2D eigenvalue weighted by Crippen LogP contribution is -2.45. The van der Waals surface area contributed by atoms with E-state index in [9.17, 15) is 9.18 Å². The molecule has 2 aliphatic carbocycles. The van der Waals surface area contributed by atoms with E-state index in [4.69, 9.17) is 37.6 Å². The molecule has 3 aliphatic rings. The Morgan fingerprint density at radius 3 is 2.61 bits per heavy atom. The average Bonchev–Trinajstić information content (AvgIpc) is 3.35. The maximum absolute atomic E-state index is 14.8. The van der Waals surface area contributed by atoms with Crippen molar-refractivity contribution in [3.8, 4) is 11.3 Å². The second-order valence-electron chi connectivity index (χ2n) is 10.0. The van der Waals surface area contributed by atoms with E-state index in [1.165, 1.54) is 6.07 Å². The van der Waals surface area contributed by atoms with Crippen LogP contribution in [0.2, 0.25) is 10.0 Å². The van der Waals surface area contributed by atoms with Crippen molar-refractivity contribution < 1.29 is 23.6 Å². The standard InChI is InChI=1S/C27H25Cl2FN2O4/c1-13-17-10-16(32(13)22-8-7-15(27(33)34)9-21(22)30)11-23(17)35-12-18-25(31-36-26(18)14-5-6-14)24-19(28)3-2-4-20(24)29/h2-4,7-9,13-14,16-17,23H,5-6,10-12H2,1H3,(H,33,34)/t13-,16+,17+,23-/m1/s1. The maximum atomic E-state index is 14.8. The number of carbonyl (C=O) groups is 1. The van der Waals surface area contributed by atoms with Crippen LogP contribution in [0, 0.1) is 11.7 Å². The number of carboxylic acid groups (broad SMARTS) is 1. The number of hydrogen-bond acceptors (Lipinski definition) is 5. The molecule has 188 valence electrons. The molecule has 1 saturated heterocycles. The fourth-order valence-electron chi connectivity index (χ4n) is 5.97. The summed E-state index contributed by atoms with van der Waals surface area (Å²) in [6, 6.07) is 9.68. The molecule has 6 nitrogen and oxygen atoms in total. The number of aromatic nitrogens is 1. The second kappa shape index (κ2) is 9.05. The van der Waals surface area contributed by atoms with Gasteiger partial charge >= 0.3 is 5.97 Å². The number of carboxylic acids is 1. The molecule has 2 saturated carbocycles. The van der Waals surface area contributed by atoms with E-state index in [1.807, 2.05) is 0 Å². The SMILES string of the molecule is C[C@@H]1[C@@H]2C[C@@H](C[C@H]2OCc2c(-c3c(Cl)cccc3Cl)noc2C2CC2)N1c1ccc(C(=O)O)cc1F. The van der Waals surface area contributed by atoms with Crippen molar-refractivity contribution in [2.75, 3.05) is 4.90 Å². The van der Waals surface area contributed by atoms with Crippen molar-refractivity contribution >= 4 is 34.9 Å². The topological polar surface area (TPSA) is 75.8 Å². The predicted molar refractivity (Wildman–Crippen MR) is 134 cm³/mol. The quantitative estimate of drug-likeness (QED) is 0.356. The van der Waals surface area contributed by atoms with Gasteiger partial charge in [-0.1, -0.05) is 34.4 Å². The van der Waals surface area contributed by atoms with Gasteiger partial charge in [0.05, 0.1) is 34.0 Å². The lowest BCUT2D eigenvalue weighted by Gasteiger charge is -2.39. The molecule has 0 amide bonds. The van der Waals surface area contributed by atoms with Crippen LogP contribution in [0.15, 0.2) is 40.9 Å². The molecule has 6 rings (SSSR count). The van der Waals surface area contributed by atoms with Crippen LogP contribution in [0.3, 0.4) is 0 Å². The smallest absolute Gasteiger partial charge is 0.335 e. The van der Waals surface area contributed by atoms with Crippen LogP contribution in [0.5, 0.6) is 0 Å². The molecule has 1 N–H and O–H groups in total. The third kappa shape index (κ3) is 3.98. The summed E-state index contributed by atoms with van der Waals surface area (Å²) in [5, 5.41) is 14.5. The van der Waals surface area contributed by atoms with Crippen LogP contribution in [0.1, 0.15) is 60.2 Å². The largest absolute Gasteiger partial charge is 0.478 e. The molecule has 2 aromatic carbocycles. The van der Waals surface area contributed by atoms with Gasteiger partial charge in [-0.05, 0) is 62.9 Å². The molecule has 4 atom stereocenters. The number of ether oxygens (including phenoxy) is 1. The Labute approximate surface area is 217 Å². The molecule has 3 aromatic rings. The number of benzene rings is 2. The predicted octanol–water partition coefficient (Wildman–Crippen LogP) is 6.94. The van der Waals surface area contributed by atoms with Crippen molar-refractivity contribution in [2.24, 2.45) is 5.92 Å². The zero-order valence-corrected chi connectivity index (χ0v) is 21.1. The second-order valence-corrected chi connectivity index (χ2v) is 10.8. The molecule has 0 unspecified atom stereocenters. The van der Waals surface area contributed by atoms with Crippen LogP contribution < -0.4 is 4.90 Å². The first-order valence-corrected chi connectivity index (χ1v) is 12.9. The van der Waals surface area contributed by atoms with Gasteiger partial charge in [0.1, 0.15) is 17.3 Å². The molecule has 9 heteroatoms. The Kier molecular flexibility index (Phi) is 5.97. The van der Waals surface area contributed by atoms with Crippen molar-refractivity contribution in [3.05, 3.63) is 69.1 Å². The highest BCUT2D eigenvalue weighted by atomic mass is 35.5. The Morgan fingerprint density at radius 1 is 1.22 bits per heavy atom. The van der Waals surface area contributed by atoms with Crippen LogP contribution >= 0.6 is 23.2 Å². The Hall–Kier alpha value is -2.61. The van der Waals surface area contributed by atoms with Gasteiger partial charge in [-0.2, -0.15) is 0 Å². The zero-order chi connectivity index (χ0) is 25.1. The molecule has 1 aromatic heterocycles. The van der Waals surface area contributed by atoms with Gasteiger partial charge < -0.3 is 19.3 Å². The number of hydrogen-bond donors (Lipinski definition) is 1. The molecule has 2 heterocycles. The molecular formula is C27H25Cl2FN2O4. The number of nitrogens with zero attached hydrogens (tertiary/aromatic N) is 2. The van der Waals surface area contributed by atoms with Crippen LogP contribution in [-0.4, -0.2) is 34.4 Å². The average molecular weight is 531 g/mol.